The van der Waals surface area contributed by atoms with Gasteiger partial charge in [0, 0.05) is 11.1 Å². The van der Waals surface area contributed by atoms with Gasteiger partial charge in [0.25, 0.3) is 10.0 Å². The smallest absolute Gasteiger partial charge is 0.262 e. The van der Waals surface area contributed by atoms with E-state index in [2.05, 4.69) is 9.71 Å². The minimum absolute atomic E-state index is 0.0834. The molecule has 0 aliphatic heterocycles. The van der Waals surface area contributed by atoms with Gasteiger partial charge in [0.2, 0.25) is 0 Å². The van der Waals surface area contributed by atoms with Gasteiger partial charge in [-0.2, -0.15) is 0 Å². The summed E-state index contributed by atoms with van der Waals surface area (Å²) < 4.78 is 32.9. The first-order valence-corrected chi connectivity index (χ1v) is 9.48. The van der Waals surface area contributed by atoms with Gasteiger partial charge in [-0.3, -0.25) is 9.71 Å². The molecular weight excluding hydrogens is 383 g/mol. The highest BCUT2D eigenvalue weighted by atomic mass is 35.5. The Hall–Kier alpha value is -2.02. The Labute approximate surface area is 155 Å². The molecule has 0 saturated carbocycles. The van der Waals surface area contributed by atoms with Crippen LogP contribution in [-0.4, -0.2) is 20.5 Å². The highest BCUT2D eigenvalue weighted by molar-refractivity contribution is 7.92. The van der Waals surface area contributed by atoms with E-state index < -0.39 is 10.0 Å². The van der Waals surface area contributed by atoms with Crippen LogP contribution in [0.3, 0.4) is 0 Å². The molecule has 1 N–H and O–H groups in total. The van der Waals surface area contributed by atoms with Crippen molar-refractivity contribution in [1.29, 1.82) is 0 Å². The summed E-state index contributed by atoms with van der Waals surface area (Å²) >= 11 is 12.4. The fourth-order valence-corrected chi connectivity index (χ4v) is 4.07. The molecule has 130 valence electrons. The zero-order chi connectivity index (χ0) is 18.2. The summed E-state index contributed by atoms with van der Waals surface area (Å²) in [5.41, 5.74) is 1.31. The average Bonchev–Trinajstić information content (AvgIpc) is 2.58. The van der Waals surface area contributed by atoms with Crippen molar-refractivity contribution < 1.29 is 13.2 Å². The Morgan fingerprint density at radius 3 is 2.36 bits per heavy atom. The molecule has 0 aliphatic carbocycles. The second-order valence-electron chi connectivity index (χ2n) is 5.35. The SMILES string of the molecule is COc1ccc(S(=O)(=O)Nc2c(Cl)cc(Cl)c3ccc(C)nc23)cc1. The van der Waals surface area contributed by atoms with Crippen LogP contribution in [0.1, 0.15) is 5.69 Å². The number of ether oxygens (including phenoxy) is 1. The Morgan fingerprint density at radius 2 is 1.72 bits per heavy atom. The van der Waals surface area contributed by atoms with E-state index in [0.29, 0.717) is 21.7 Å². The van der Waals surface area contributed by atoms with E-state index in [-0.39, 0.29) is 15.6 Å². The van der Waals surface area contributed by atoms with Crippen molar-refractivity contribution in [3.05, 3.63) is 58.2 Å². The molecule has 25 heavy (non-hydrogen) atoms. The van der Waals surface area contributed by atoms with Crippen LogP contribution in [0.5, 0.6) is 5.75 Å². The largest absolute Gasteiger partial charge is 0.497 e. The van der Waals surface area contributed by atoms with Crippen LogP contribution in [0.2, 0.25) is 10.0 Å². The molecular formula is C17H14Cl2N2O3S. The third kappa shape index (κ3) is 3.51. The summed E-state index contributed by atoms with van der Waals surface area (Å²) in [6, 6.07) is 11.1. The molecule has 0 spiro atoms. The van der Waals surface area contributed by atoms with Crippen molar-refractivity contribution in [2.45, 2.75) is 11.8 Å². The van der Waals surface area contributed by atoms with Gasteiger partial charge >= 0.3 is 0 Å². The highest BCUT2D eigenvalue weighted by Gasteiger charge is 2.20. The lowest BCUT2D eigenvalue weighted by Gasteiger charge is -2.13. The van der Waals surface area contributed by atoms with Gasteiger partial charge in [-0.25, -0.2) is 8.42 Å². The number of nitrogens with zero attached hydrogens (tertiary/aromatic N) is 1. The van der Waals surface area contributed by atoms with Gasteiger partial charge < -0.3 is 4.74 Å². The van der Waals surface area contributed by atoms with Gasteiger partial charge in [0.15, 0.2) is 0 Å². The van der Waals surface area contributed by atoms with Crippen molar-refractivity contribution in [3.8, 4) is 5.75 Å². The molecule has 0 bridgehead atoms. The Balaban J connectivity index is 2.11. The molecule has 0 saturated heterocycles. The normalized spacial score (nSPS) is 11.5. The highest BCUT2D eigenvalue weighted by Crippen LogP contribution is 2.36. The first kappa shape index (κ1) is 17.8. The summed E-state index contributed by atoms with van der Waals surface area (Å²) in [4.78, 5) is 4.47. The molecule has 8 heteroatoms. The lowest BCUT2D eigenvalue weighted by molar-refractivity contribution is 0.414. The first-order chi connectivity index (χ1) is 11.8. The lowest BCUT2D eigenvalue weighted by Crippen LogP contribution is -2.14. The zero-order valence-electron chi connectivity index (χ0n) is 13.4. The molecule has 3 rings (SSSR count). The number of fused-ring (bicyclic) bond motifs is 1. The predicted octanol–water partition coefficient (Wildman–Crippen LogP) is 4.66. The van der Waals surface area contributed by atoms with Crippen LogP contribution in [-0.2, 0) is 10.0 Å². The van der Waals surface area contributed by atoms with E-state index in [9.17, 15) is 8.42 Å². The van der Waals surface area contributed by atoms with E-state index in [1.807, 2.05) is 0 Å². The zero-order valence-corrected chi connectivity index (χ0v) is 15.7. The lowest BCUT2D eigenvalue weighted by atomic mass is 10.2. The van der Waals surface area contributed by atoms with Gasteiger partial charge in [-0.1, -0.05) is 23.2 Å². The number of sulfonamides is 1. The van der Waals surface area contributed by atoms with Gasteiger partial charge in [0.1, 0.15) is 5.75 Å². The molecule has 1 heterocycles. The number of anilines is 1. The van der Waals surface area contributed by atoms with Crippen LogP contribution in [0.4, 0.5) is 5.69 Å². The number of methoxy groups -OCH3 is 1. The van der Waals surface area contributed by atoms with E-state index in [0.717, 1.165) is 5.69 Å². The fourth-order valence-electron chi connectivity index (χ4n) is 2.36. The van der Waals surface area contributed by atoms with E-state index in [1.165, 1.54) is 25.3 Å². The van der Waals surface area contributed by atoms with Gasteiger partial charge in [-0.05, 0) is 49.4 Å². The quantitative estimate of drug-likeness (QED) is 0.695. The number of hydrogen-bond acceptors (Lipinski definition) is 4. The Kier molecular flexibility index (Phi) is 4.77. The fraction of sp³-hybridized carbons (Fsp3) is 0.118. The maximum atomic E-state index is 12.7. The molecule has 5 nitrogen and oxygen atoms in total. The van der Waals surface area contributed by atoms with Crippen molar-refractivity contribution in [3.63, 3.8) is 0 Å². The summed E-state index contributed by atoms with van der Waals surface area (Å²) in [6.45, 7) is 1.80. The number of aryl methyl sites for hydroxylation is 1. The number of aromatic nitrogens is 1. The maximum Gasteiger partial charge on any atom is 0.262 e. The third-order valence-electron chi connectivity index (χ3n) is 3.63. The molecule has 0 radical (unpaired) electrons. The van der Waals surface area contributed by atoms with Crippen LogP contribution < -0.4 is 9.46 Å². The van der Waals surface area contributed by atoms with E-state index in [4.69, 9.17) is 27.9 Å². The standard InChI is InChI=1S/C17H14Cl2N2O3S/c1-10-3-8-13-14(18)9-15(19)17(16(13)20-10)21-25(22,23)12-6-4-11(24-2)5-7-12/h3-9,21H,1-2H3. The minimum atomic E-state index is -3.85. The monoisotopic (exact) mass is 396 g/mol. The second-order valence-corrected chi connectivity index (χ2v) is 7.84. The molecule has 3 aromatic rings. The van der Waals surface area contributed by atoms with Gasteiger partial charge in [-0.15, -0.1) is 0 Å². The van der Waals surface area contributed by atoms with Crippen molar-refractivity contribution in [2.24, 2.45) is 0 Å². The first-order valence-electron chi connectivity index (χ1n) is 7.24. The Morgan fingerprint density at radius 1 is 1.04 bits per heavy atom. The molecule has 2 aromatic carbocycles. The number of benzene rings is 2. The maximum absolute atomic E-state index is 12.7. The summed E-state index contributed by atoms with van der Waals surface area (Å²) in [6.07, 6.45) is 0. The molecule has 0 fully saturated rings. The third-order valence-corrected chi connectivity index (χ3v) is 5.60. The van der Waals surface area contributed by atoms with Crippen LogP contribution in [0.25, 0.3) is 10.9 Å². The second kappa shape index (κ2) is 6.71. The number of rotatable bonds is 4. The molecule has 0 aliphatic rings. The number of pyridine rings is 1. The van der Waals surface area contributed by atoms with Crippen LogP contribution >= 0.6 is 23.2 Å². The Bertz CT molecular complexity index is 1050. The van der Waals surface area contributed by atoms with Gasteiger partial charge in [0.05, 0.1) is 33.3 Å². The molecule has 1 aromatic heterocycles. The van der Waals surface area contributed by atoms with Crippen molar-refractivity contribution in [1.82, 2.24) is 4.98 Å². The average molecular weight is 397 g/mol. The minimum Gasteiger partial charge on any atom is -0.497 e. The topological polar surface area (TPSA) is 68.3 Å². The van der Waals surface area contributed by atoms with E-state index >= 15 is 0 Å². The summed E-state index contributed by atoms with van der Waals surface area (Å²) in [7, 11) is -2.34. The van der Waals surface area contributed by atoms with Crippen molar-refractivity contribution >= 4 is 49.8 Å². The van der Waals surface area contributed by atoms with Crippen molar-refractivity contribution in [2.75, 3.05) is 11.8 Å². The predicted molar refractivity (Wildman–Crippen MR) is 100 cm³/mol. The summed E-state index contributed by atoms with van der Waals surface area (Å²) in [5.74, 6) is 0.561. The van der Waals surface area contributed by atoms with Crippen LogP contribution in [0, 0.1) is 6.92 Å². The number of hydrogen-bond donors (Lipinski definition) is 1. The summed E-state index contributed by atoms with van der Waals surface area (Å²) in [5, 5.41) is 1.19. The number of halogens is 2. The molecule has 0 amide bonds. The van der Waals surface area contributed by atoms with Crippen LogP contribution in [0.15, 0.2) is 47.4 Å². The van der Waals surface area contributed by atoms with E-state index in [1.54, 1.807) is 31.2 Å². The number of nitrogens with one attached hydrogen (secondary N) is 1. The molecule has 0 atom stereocenters. The molecule has 0 unspecified atom stereocenters.